The van der Waals surface area contributed by atoms with Gasteiger partial charge in [-0.2, -0.15) is 21.6 Å². The van der Waals surface area contributed by atoms with Crippen molar-refractivity contribution >= 4 is 24.4 Å². The molecule has 0 radical (unpaired) electrons. The van der Waals surface area contributed by atoms with Gasteiger partial charge in [-0.3, -0.25) is 9.35 Å². The Bertz CT molecular complexity index is 519. The lowest BCUT2D eigenvalue weighted by Gasteiger charge is -2.31. The van der Waals surface area contributed by atoms with E-state index in [0.717, 1.165) is 0 Å². The van der Waals surface area contributed by atoms with Gasteiger partial charge in [0.15, 0.2) is 8.32 Å². The van der Waals surface area contributed by atoms with Gasteiger partial charge in [-0.05, 0) is 32.5 Å². The van der Waals surface area contributed by atoms with Crippen LogP contribution in [0.3, 0.4) is 0 Å². The van der Waals surface area contributed by atoms with Gasteiger partial charge in [-0.1, -0.05) is 6.92 Å². The summed E-state index contributed by atoms with van der Waals surface area (Å²) < 4.78 is 79.0. The molecule has 2 atom stereocenters. The summed E-state index contributed by atoms with van der Waals surface area (Å²) >= 11 is 0. The number of ether oxygens (including phenoxy) is 1. The molecule has 1 N–H and O–H groups in total. The number of carbonyl (C=O) groups excluding carboxylic acids is 1. The zero-order chi connectivity index (χ0) is 18.7. The van der Waals surface area contributed by atoms with Crippen LogP contribution in [0.4, 0.5) is 13.2 Å². The average molecular weight is 380 g/mol. The molecule has 0 saturated heterocycles. The first kappa shape index (κ1) is 22.3. The van der Waals surface area contributed by atoms with Crippen LogP contribution in [-0.2, 0) is 24.1 Å². The second kappa shape index (κ2) is 7.49. The molecule has 0 aliphatic carbocycles. The normalized spacial score (nSPS) is 17.4. The summed E-state index contributed by atoms with van der Waals surface area (Å²) in [6, 6.07) is 0.529. The molecule has 2 unspecified atom stereocenters. The smallest absolute Gasteiger partial charge is 0.429 e. The van der Waals surface area contributed by atoms with E-state index in [9.17, 15) is 26.4 Å². The maximum atomic E-state index is 13.0. The molecule has 0 aromatic carbocycles. The average Bonchev–Trinajstić information content (AvgIpc) is 2.32. The number of rotatable bonds is 8. The third kappa shape index (κ3) is 7.64. The van der Waals surface area contributed by atoms with E-state index in [-0.39, 0.29) is 6.42 Å². The molecular formula is C12H23F3O6SSi. The van der Waals surface area contributed by atoms with Gasteiger partial charge in [-0.15, -0.1) is 0 Å². The fourth-order valence-electron chi connectivity index (χ4n) is 1.62. The van der Waals surface area contributed by atoms with E-state index >= 15 is 0 Å². The predicted molar refractivity (Wildman–Crippen MR) is 80.0 cm³/mol. The van der Waals surface area contributed by atoms with Crippen LogP contribution >= 0.6 is 0 Å². The third-order valence-corrected chi connectivity index (χ3v) is 7.03. The van der Waals surface area contributed by atoms with Crippen LogP contribution in [0.25, 0.3) is 0 Å². The first-order valence-electron chi connectivity index (χ1n) is 6.83. The van der Waals surface area contributed by atoms with Crippen molar-refractivity contribution in [1.82, 2.24) is 0 Å². The van der Waals surface area contributed by atoms with Crippen LogP contribution in [0, 0.1) is 5.92 Å². The topological polar surface area (TPSA) is 89.9 Å². The fourth-order valence-corrected chi connectivity index (χ4v) is 3.87. The van der Waals surface area contributed by atoms with Crippen LogP contribution in [0.5, 0.6) is 0 Å². The molecule has 0 heterocycles. The van der Waals surface area contributed by atoms with Crippen LogP contribution in [-0.4, -0.2) is 51.9 Å². The second-order valence-corrected chi connectivity index (χ2v) is 12.2. The van der Waals surface area contributed by atoms with Crippen molar-refractivity contribution in [1.29, 1.82) is 0 Å². The third-order valence-electron chi connectivity index (χ3n) is 3.52. The van der Waals surface area contributed by atoms with E-state index in [0.29, 0.717) is 13.0 Å². The SMILES string of the molecule is CO[Si](C)(C)CCC(C)C(=O)OC(C)(CS(=O)(=O)O)C(F)(F)F. The molecule has 0 saturated carbocycles. The van der Waals surface area contributed by atoms with Gasteiger partial charge >= 0.3 is 12.1 Å². The Hall–Kier alpha value is -0.653. The van der Waals surface area contributed by atoms with Crippen molar-refractivity contribution in [3.05, 3.63) is 0 Å². The van der Waals surface area contributed by atoms with Crippen LogP contribution < -0.4 is 0 Å². The lowest BCUT2D eigenvalue weighted by Crippen LogP contribution is -2.52. The number of hydrogen-bond acceptors (Lipinski definition) is 5. The van der Waals surface area contributed by atoms with E-state index in [1.807, 2.05) is 13.1 Å². The molecule has 0 bridgehead atoms. The van der Waals surface area contributed by atoms with Gasteiger partial charge < -0.3 is 9.16 Å². The lowest BCUT2D eigenvalue weighted by molar-refractivity contribution is -0.257. The summed E-state index contributed by atoms with van der Waals surface area (Å²) in [6.45, 7) is 5.60. The zero-order valence-electron chi connectivity index (χ0n) is 13.7. The van der Waals surface area contributed by atoms with Gasteiger partial charge in [0, 0.05) is 7.11 Å². The van der Waals surface area contributed by atoms with Gasteiger partial charge in [0.25, 0.3) is 10.1 Å². The molecule has 0 rings (SSSR count). The predicted octanol–water partition coefficient (Wildman–Crippen LogP) is 2.62. The molecule has 6 nitrogen and oxygen atoms in total. The van der Waals surface area contributed by atoms with Gasteiger partial charge in [-0.25, -0.2) is 0 Å². The van der Waals surface area contributed by atoms with Crippen LogP contribution in [0.2, 0.25) is 19.1 Å². The monoisotopic (exact) mass is 380 g/mol. The highest BCUT2D eigenvalue weighted by Gasteiger charge is 2.57. The summed E-state index contributed by atoms with van der Waals surface area (Å²) in [5.41, 5.74) is -3.31. The standard InChI is InChI=1S/C12H23F3O6SSi/c1-9(6-7-23(4,5)20-3)10(16)21-11(2,12(13,14)15)8-22(17,18)19/h9H,6-8H2,1-5H3,(H,17,18,19). The van der Waals surface area contributed by atoms with Crippen molar-refractivity contribution in [3.63, 3.8) is 0 Å². The van der Waals surface area contributed by atoms with Gasteiger partial charge in [0.05, 0.1) is 5.92 Å². The number of esters is 1. The summed E-state index contributed by atoms with van der Waals surface area (Å²) in [7, 11) is -5.44. The molecule has 0 aliphatic heterocycles. The lowest BCUT2D eigenvalue weighted by atomic mass is 10.1. The summed E-state index contributed by atoms with van der Waals surface area (Å²) in [6.07, 6.45) is -4.88. The Balaban J connectivity index is 5.05. The number of hydrogen-bond donors (Lipinski definition) is 1. The molecule has 0 amide bonds. The Kier molecular flexibility index (Phi) is 7.28. The molecule has 0 aromatic heterocycles. The first-order chi connectivity index (χ1) is 10.0. The highest BCUT2D eigenvalue weighted by atomic mass is 32.2. The van der Waals surface area contributed by atoms with Crippen LogP contribution in [0.1, 0.15) is 20.3 Å². The molecule has 138 valence electrons. The Morgan fingerprint density at radius 3 is 2.13 bits per heavy atom. The minimum Gasteiger partial charge on any atom is -0.448 e. The van der Waals surface area contributed by atoms with Crippen molar-refractivity contribution in [2.45, 2.75) is 51.2 Å². The van der Waals surface area contributed by atoms with Crippen molar-refractivity contribution in [2.75, 3.05) is 12.9 Å². The minimum atomic E-state index is -5.14. The molecule has 0 spiro atoms. The summed E-state index contributed by atoms with van der Waals surface area (Å²) in [4.78, 5) is 11.9. The Morgan fingerprint density at radius 1 is 1.30 bits per heavy atom. The summed E-state index contributed by atoms with van der Waals surface area (Å²) in [5, 5.41) is 0. The van der Waals surface area contributed by atoms with Gasteiger partial charge in [0.1, 0.15) is 5.75 Å². The highest BCUT2D eigenvalue weighted by molar-refractivity contribution is 7.85. The van der Waals surface area contributed by atoms with Gasteiger partial charge in [0.2, 0.25) is 5.60 Å². The molecular weight excluding hydrogens is 357 g/mol. The van der Waals surface area contributed by atoms with E-state index in [4.69, 9.17) is 8.98 Å². The first-order valence-corrected chi connectivity index (χ1v) is 11.6. The maximum Gasteiger partial charge on any atom is 0.429 e. The van der Waals surface area contributed by atoms with Crippen LogP contribution in [0.15, 0.2) is 0 Å². The molecule has 0 aliphatic rings. The maximum absolute atomic E-state index is 13.0. The Labute approximate surface area is 135 Å². The number of halogens is 3. The van der Waals surface area contributed by atoms with Crippen molar-refractivity contribution < 1.29 is 40.1 Å². The number of alkyl halides is 3. The molecule has 0 fully saturated rings. The number of carbonyl (C=O) groups is 1. The van der Waals surface area contributed by atoms with Crippen molar-refractivity contribution in [3.8, 4) is 0 Å². The largest absolute Gasteiger partial charge is 0.448 e. The molecule has 23 heavy (non-hydrogen) atoms. The highest BCUT2D eigenvalue weighted by Crippen LogP contribution is 2.35. The second-order valence-electron chi connectivity index (χ2n) is 6.28. The molecule has 0 aromatic rings. The zero-order valence-corrected chi connectivity index (χ0v) is 15.5. The summed E-state index contributed by atoms with van der Waals surface area (Å²) in [5.74, 6) is -3.78. The fraction of sp³-hybridized carbons (Fsp3) is 0.917. The van der Waals surface area contributed by atoms with E-state index in [2.05, 4.69) is 4.74 Å². The van der Waals surface area contributed by atoms with E-state index < -0.39 is 47.9 Å². The Morgan fingerprint density at radius 2 is 1.78 bits per heavy atom. The quantitative estimate of drug-likeness (QED) is 0.395. The van der Waals surface area contributed by atoms with E-state index in [1.165, 1.54) is 14.0 Å². The van der Waals surface area contributed by atoms with E-state index in [1.54, 1.807) is 0 Å². The molecule has 11 heteroatoms. The van der Waals surface area contributed by atoms with Crippen molar-refractivity contribution in [2.24, 2.45) is 5.92 Å². The minimum absolute atomic E-state index is 0.256.